The highest BCUT2D eigenvalue weighted by Gasteiger charge is 2.07. The molecular weight excluding hydrogens is 150 g/mol. The average molecular weight is 165 g/mol. The lowest BCUT2D eigenvalue weighted by Crippen LogP contribution is -2.23. The number of pyridine rings is 1. The molecular formula is C9H15N3. The zero-order valence-electron chi connectivity index (χ0n) is 7.27. The van der Waals surface area contributed by atoms with Crippen LogP contribution in [0, 0.1) is 0 Å². The van der Waals surface area contributed by atoms with Crippen LogP contribution in [0.4, 0.5) is 0 Å². The number of hydrogen-bond acceptors (Lipinski definition) is 3. The van der Waals surface area contributed by atoms with Crippen LogP contribution >= 0.6 is 0 Å². The molecule has 4 N–H and O–H groups in total. The molecule has 1 heterocycles. The van der Waals surface area contributed by atoms with E-state index >= 15 is 0 Å². The van der Waals surface area contributed by atoms with Gasteiger partial charge in [0.25, 0.3) is 0 Å². The number of hydrogen-bond donors (Lipinski definition) is 2. The summed E-state index contributed by atoms with van der Waals surface area (Å²) in [5, 5.41) is 0. The Balaban J connectivity index is 2.59. The van der Waals surface area contributed by atoms with E-state index in [0.29, 0.717) is 0 Å². The summed E-state index contributed by atoms with van der Waals surface area (Å²) in [6.07, 6.45) is 4.32. The van der Waals surface area contributed by atoms with E-state index in [1.54, 1.807) is 12.4 Å². The largest absolute Gasteiger partial charge is 0.328 e. The molecule has 1 rings (SSSR count). The van der Waals surface area contributed by atoms with Crippen molar-refractivity contribution in [2.45, 2.75) is 25.4 Å². The Hall–Kier alpha value is -0.930. The van der Waals surface area contributed by atoms with Crippen LogP contribution in [0.25, 0.3) is 0 Å². The van der Waals surface area contributed by atoms with Crippen LogP contribution in [0.1, 0.15) is 24.9 Å². The standard InChI is InChI=1S/C9H15N3/c1-7(10)5-9(11)8-3-2-4-12-6-8/h2-4,6-7,9H,5,10-11H2,1H3. The van der Waals surface area contributed by atoms with E-state index in [9.17, 15) is 0 Å². The van der Waals surface area contributed by atoms with Gasteiger partial charge in [-0.15, -0.1) is 0 Å². The van der Waals surface area contributed by atoms with Gasteiger partial charge in [-0.1, -0.05) is 6.07 Å². The maximum Gasteiger partial charge on any atom is 0.0324 e. The predicted molar refractivity (Wildman–Crippen MR) is 49.4 cm³/mol. The van der Waals surface area contributed by atoms with Gasteiger partial charge in [-0.25, -0.2) is 0 Å². The first-order chi connectivity index (χ1) is 5.70. The van der Waals surface area contributed by atoms with Gasteiger partial charge in [0.05, 0.1) is 0 Å². The Morgan fingerprint density at radius 3 is 2.75 bits per heavy atom. The maximum absolute atomic E-state index is 5.88. The summed E-state index contributed by atoms with van der Waals surface area (Å²) in [5.41, 5.74) is 12.6. The second kappa shape index (κ2) is 4.18. The zero-order chi connectivity index (χ0) is 8.97. The molecule has 0 amide bonds. The number of nitrogens with zero attached hydrogens (tertiary/aromatic N) is 1. The fraction of sp³-hybridized carbons (Fsp3) is 0.444. The minimum Gasteiger partial charge on any atom is -0.328 e. The van der Waals surface area contributed by atoms with Gasteiger partial charge >= 0.3 is 0 Å². The predicted octanol–water partition coefficient (Wildman–Crippen LogP) is 0.819. The second-order valence-corrected chi connectivity index (χ2v) is 3.11. The van der Waals surface area contributed by atoms with Gasteiger partial charge in [0.1, 0.15) is 0 Å². The Morgan fingerprint density at radius 1 is 1.50 bits per heavy atom. The summed E-state index contributed by atoms with van der Waals surface area (Å²) in [7, 11) is 0. The molecule has 0 fully saturated rings. The van der Waals surface area contributed by atoms with Crippen LogP contribution in [0.2, 0.25) is 0 Å². The number of aromatic nitrogens is 1. The van der Waals surface area contributed by atoms with Crippen molar-refractivity contribution in [3.8, 4) is 0 Å². The lowest BCUT2D eigenvalue weighted by atomic mass is 10.0. The third kappa shape index (κ3) is 2.60. The summed E-state index contributed by atoms with van der Waals surface area (Å²) in [6, 6.07) is 4.01. The summed E-state index contributed by atoms with van der Waals surface area (Å²) < 4.78 is 0. The molecule has 0 spiro atoms. The van der Waals surface area contributed by atoms with Crippen molar-refractivity contribution in [2.75, 3.05) is 0 Å². The molecule has 2 unspecified atom stereocenters. The third-order valence-corrected chi connectivity index (χ3v) is 1.74. The van der Waals surface area contributed by atoms with Crippen LogP contribution < -0.4 is 11.5 Å². The molecule has 0 saturated carbocycles. The molecule has 1 aromatic rings. The summed E-state index contributed by atoms with van der Waals surface area (Å²) in [6.45, 7) is 1.95. The highest BCUT2D eigenvalue weighted by molar-refractivity contribution is 5.13. The van der Waals surface area contributed by atoms with Gasteiger partial charge in [0.15, 0.2) is 0 Å². The minimum absolute atomic E-state index is 0.0127. The fourth-order valence-electron chi connectivity index (χ4n) is 1.13. The topological polar surface area (TPSA) is 64.9 Å². The maximum atomic E-state index is 5.88. The van der Waals surface area contributed by atoms with Gasteiger partial charge in [0, 0.05) is 24.5 Å². The molecule has 0 radical (unpaired) electrons. The normalized spacial score (nSPS) is 15.6. The average Bonchev–Trinajstić information content (AvgIpc) is 2.05. The van der Waals surface area contributed by atoms with Gasteiger partial charge in [-0.3, -0.25) is 4.98 Å². The molecule has 0 aliphatic rings. The molecule has 0 saturated heterocycles. The lowest BCUT2D eigenvalue weighted by molar-refractivity contribution is 0.567. The van der Waals surface area contributed by atoms with Crippen LogP contribution in [0.3, 0.4) is 0 Å². The Morgan fingerprint density at radius 2 is 2.25 bits per heavy atom. The lowest BCUT2D eigenvalue weighted by Gasteiger charge is -2.13. The van der Waals surface area contributed by atoms with Crippen LogP contribution in [-0.2, 0) is 0 Å². The first kappa shape index (κ1) is 9.16. The Labute approximate surface area is 72.8 Å². The smallest absolute Gasteiger partial charge is 0.0324 e. The van der Waals surface area contributed by atoms with Crippen molar-refractivity contribution >= 4 is 0 Å². The van der Waals surface area contributed by atoms with E-state index in [2.05, 4.69) is 4.98 Å². The van der Waals surface area contributed by atoms with E-state index in [0.717, 1.165) is 12.0 Å². The van der Waals surface area contributed by atoms with Crippen molar-refractivity contribution in [1.82, 2.24) is 4.98 Å². The fourth-order valence-corrected chi connectivity index (χ4v) is 1.13. The summed E-state index contributed by atoms with van der Waals surface area (Å²) in [4.78, 5) is 3.99. The van der Waals surface area contributed by atoms with E-state index in [4.69, 9.17) is 11.5 Å². The molecule has 0 aliphatic carbocycles. The minimum atomic E-state index is 0.0127. The van der Waals surface area contributed by atoms with Gasteiger partial charge in [-0.05, 0) is 25.0 Å². The molecule has 2 atom stereocenters. The molecule has 1 aromatic heterocycles. The zero-order valence-corrected chi connectivity index (χ0v) is 7.27. The molecule has 0 aliphatic heterocycles. The number of rotatable bonds is 3. The SMILES string of the molecule is CC(N)CC(N)c1cccnc1. The van der Waals surface area contributed by atoms with Gasteiger partial charge < -0.3 is 11.5 Å². The monoisotopic (exact) mass is 165 g/mol. The van der Waals surface area contributed by atoms with E-state index in [1.165, 1.54) is 0 Å². The molecule has 3 nitrogen and oxygen atoms in total. The van der Waals surface area contributed by atoms with Crippen LogP contribution in [-0.4, -0.2) is 11.0 Å². The van der Waals surface area contributed by atoms with E-state index < -0.39 is 0 Å². The Kier molecular flexibility index (Phi) is 3.19. The molecule has 0 bridgehead atoms. The van der Waals surface area contributed by atoms with Crippen molar-refractivity contribution in [2.24, 2.45) is 11.5 Å². The van der Waals surface area contributed by atoms with E-state index in [-0.39, 0.29) is 12.1 Å². The second-order valence-electron chi connectivity index (χ2n) is 3.11. The summed E-state index contributed by atoms with van der Waals surface area (Å²) >= 11 is 0. The van der Waals surface area contributed by atoms with Crippen molar-refractivity contribution < 1.29 is 0 Å². The Bertz CT molecular complexity index is 220. The highest BCUT2D eigenvalue weighted by Crippen LogP contribution is 2.12. The molecule has 3 heteroatoms. The third-order valence-electron chi connectivity index (χ3n) is 1.74. The number of nitrogens with two attached hydrogens (primary N) is 2. The van der Waals surface area contributed by atoms with Crippen LogP contribution in [0.5, 0.6) is 0 Å². The van der Waals surface area contributed by atoms with Crippen LogP contribution in [0.15, 0.2) is 24.5 Å². The van der Waals surface area contributed by atoms with E-state index in [1.807, 2.05) is 19.1 Å². The summed E-state index contributed by atoms with van der Waals surface area (Å²) in [5.74, 6) is 0. The van der Waals surface area contributed by atoms with Crippen molar-refractivity contribution in [3.05, 3.63) is 30.1 Å². The molecule has 0 aromatic carbocycles. The molecule has 66 valence electrons. The van der Waals surface area contributed by atoms with Gasteiger partial charge in [-0.2, -0.15) is 0 Å². The quantitative estimate of drug-likeness (QED) is 0.697. The van der Waals surface area contributed by atoms with Crippen molar-refractivity contribution in [1.29, 1.82) is 0 Å². The van der Waals surface area contributed by atoms with Crippen molar-refractivity contribution in [3.63, 3.8) is 0 Å². The molecule has 12 heavy (non-hydrogen) atoms. The van der Waals surface area contributed by atoms with Gasteiger partial charge in [0.2, 0.25) is 0 Å². The first-order valence-electron chi connectivity index (χ1n) is 4.11. The highest BCUT2D eigenvalue weighted by atomic mass is 14.7. The first-order valence-corrected chi connectivity index (χ1v) is 4.11.